The number of ether oxygens (including phenoxy) is 1. The van der Waals surface area contributed by atoms with Crippen LogP contribution in [0.15, 0.2) is 79.0 Å². The van der Waals surface area contributed by atoms with E-state index in [-0.39, 0.29) is 11.4 Å². The highest BCUT2D eigenvalue weighted by atomic mass is 35.5. The summed E-state index contributed by atoms with van der Waals surface area (Å²) in [5.41, 5.74) is 2.38. The topological polar surface area (TPSA) is 85.3 Å². The fourth-order valence-electron chi connectivity index (χ4n) is 3.13. The highest BCUT2D eigenvalue weighted by Gasteiger charge is 2.19. The molecule has 9 heteroatoms. The van der Waals surface area contributed by atoms with E-state index in [9.17, 15) is 14.0 Å². The number of benzene rings is 3. The van der Waals surface area contributed by atoms with Gasteiger partial charge in [0.2, 0.25) is 0 Å². The van der Waals surface area contributed by atoms with Crippen LogP contribution in [0, 0.1) is 5.82 Å². The van der Waals surface area contributed by atoms with Crippen LogP contribution in [0.2, 0.25) is 5.02 Å². The minimum absolute atomic E-state index is 0.127. The number of halogens is 2. The van der Waals surface area contributed by atoms with Crippen molar-refractivity contribution in [3.05, 3.63) is 95.4 Å². The summed E-state index contributed by atoms with van der Waals surface area (Å²) in [5, 5.41) is 10.2. The molecule has 0 bridgehead atoms. The zero-order valence-corrected chi connectivity index (χ0v) is 18.1. The third-order valence-corrected chi connectivity index (χ3v) is 5.00. The average molecular weight is 465 g/mol. The third kappa shape index (κ3) is 5.02. The number of hydrogen-bond donors (Lipinski definition) is 2. The molecule has 1 heterocycles. The first-order valence-electron chi connectivity index (χ1n) is 9.81. The van der Waals surface area contributed by atoms with Crippen molar-refractivity contribution in [3.63, 3.8) is 0 Å². The Balaban J connectivity index is 1.69. The van der Waals surface area contributed by atoms with Gasteiger partial charge in [0.1, 0.15) is 11.5 Å². The lowest BCUT2D eigenvalue weighted by molar-refractivity contribution is 0.102. The molecule has 2 N–H and O–H groups in total. The van der Waals surface area contributed by atoms with Crippen LogP contribution in [0.3, 0.4) is 0 Å². The normalized spacial score (nSPS) is 10.5. The Hall–Kier alpha value is -4.17. The summed E-state index contributed by atoms with van der Waals surface area (Å²) in [6.45, 7) is 0. The number of rotatable bonds is 5. The Kier molecular flexibility index (Phi) is 6.37. The molecule has 0 aliphatic carbocycles. The molecule has 0 saturated carbocycles. The molecule has 0 radical (unpaired) electrons. The van der Waals surface area contributed by atoms with Crippen molar-refractivity contribution in [2.45, 2.75) is 0 Å². The predicted molar refractivity (Wildman–Crippen MR) is 124 cm³/mol. The van der Waals surface area contributed by atoms with Crippen molar-refractivity contribution in [1.29, 1.82) is 0 Å². The number of carbonyl (C=O) groups excluding carboxylic acids is 2. The number of amides is 2. The number of nitrogens with one attached hydrogen (secondary N) is 2. The lowest BCUT2D eigenvalue weighted by atomic mass is 10.1. The fourth-order valence-corrected chi connectivity index (χ4v) is 3.26. The van der Waals surface area contributed by atoms with E-state index in [1.807, 2.05) is 30.3 Å². The quantitative estimate of drug-likeness (QED) is 0.393. The molecule has 0 aliphatic rings. The number of nitrogens with zero attached hydrogens (tertiary/aromatic N) is 2. The summed E-state index contributed by atoms with van der Waals surface area (Å²) >= 11 is 6.01. The predicted octanol–water partition coefficient (Wildman–Crippen LogP) is 5.76. The van der Waals surface area contributed by atoms with Crippen LogP contribution in [0.4, 0.5) is 20.6 Å². The summed E-state index contributed by atoms with van der Waals surface area (Å²) in [4.78, 5) is 24.6. The smallest absolute Gasteiger partial charge is 0.411 e. The molecule has 3 aromatic carbocycles. The number of hydrogen-bond acceptors (Lipinski definition) is 4. The lowest BCUT2D eigenvalue weighted by Gasteiger charge is -2.09. The van der Waals surface area contributed by atoms with Gasteiger partial charge in [0.15, 0.2) is 0 Å². The molecule has 166 valence electrons. The van der Waals surface area contributed by atoms with Crippen LogP contribution in [0.5, 0.6) is 0 Å². The monoisotopic (exact) mass is 464 g/mol. The second-order valence-electron chi connectivity index (χ2n) is 6.94. The van der Waals surface area contributed by atoms with E-state index in [1.54, 1.807) is 35.1 Å². The van der Waals surface area contributed by atoms with E-state index in [1.165, 1.54) is 19.2 Å². The molecule has 0 fully saturated rings. The van der Waals surface area contributed by atoms with Crippen LogP contribution in [-0.4, -0.2) is 28.9 Å². The number of para-hydroxylation sites is 1. The highest BCUT2D eigenvalue weighted by Crippen LogP contribution is 2.27. The molecule has 33 heavy (non-hydrogen) atoms. The zero-order chi connectivity index (χ0) is 23.4. The van der Waals surface area contributed by atoms with Gasteiger partial charge in [-0.3, -0.25) is 10.1 Å². The standard InChI is InChI=1S/C24H18ClFN4O3/c1-33-24(32)28-21-13-17(11-12-20(21)26)27-23(31)19-14-30(18-5-3-2-4-6-18)29-22(19)15-7-9-16(25)10-8-15/h2-14H,1H3,(H,27,31)(H,28,32). The molecule has 1 aromatic heterocycles. The highest BCUT2D eigenvalue weighted by molar-refractivity contribution is 6.30. The van der Waals surface area contributed by atoms with E-state index >= 15 is 0 Å². The third-order valence-electron chi connectivity index (χ3n) is 4.74. The van der Waals surface area contributed by atoms with Crippen molar-refractivity contribution in [2.24, 2.45) is 0 Å². The van der Waals surface area contributed by atoms with Crippen LogP contribution in [0.1, 0.15) is 10.4 Å². The molecule has 7 nitrogen and oxygen atoms in total. The van der Waals surface area contributed by atoms with Crippen molar-refractivity contribution >= 4 is 35.0 Å². The van der Waals surface area contributed by atoms with Crippen molar-refractivity contribution < 1.29 is 18.7 Å². The van der Waals surface area contributed by atoms with Crippen LogP contribution in [-0.2, 0) is 4.74 Å². The molecule has 0 aliphatic heterocycles. The van der Waals surface area contributed by atoms with E-state index in [0.29, 0.717) is 21.8 Å². The van der Waals surface area contributed by atoms with Crippen LogP contribution < -0.4 is 10.6 Å². The summed E-state index contributed by atoms with van der Waals surface area (Å²) in [6, 6.07) is 20.1. The summed E-state index contributed by atoms with van der Waals surface area (Å²) in [7, 11) is 1.17. The van der Waals surface area contributed by atoms with E-state index < -0.39 is 17.8 Å². The first-order chi connectivity index (χ1) is 15.9. The fraction of sp³-hybridized carbons (Fsp3) is 0.0417. The molecule has 4 aromatic rings. The molecular weight excluding hydrogens is 447 g/mol. The van der Waals surface area contributed by atoms with Gasteiger partial charge in [-0.15, -0.1) is 0 Å². The van der Waals surface area contributed by atoms with Gasteiger partial charge < -0.3 is 10.1 Å². The summed E-state index contributed by atoms with van der Waals surface area (Å²) < 4.78 is 20.1. The second kappa shape index (κ2) is 9.54. The van der Waals surface area contributed by atoms with Crippen LogP contribution >= 0.6 is 11.6 Å². The first-order valence-corrected chi connectivity index (χ1v) is 10.2. The van der Waals surface area contributed by atoms with Gasteiger partial charge >= 0.3 is 6.09 Å². The van der Waals surface area contributed by atoms with E-state index in [2.05, 4.69) is 20.5 Å². The van der Waals surface area contributed by atoms with E-state index in [0.717, 1.165) is 11.8 Å². The maximum Gasteiger partial charge on any atom is 0.411 e. The molecule has 2 amide bonds. The molecule has 4 rings (SSSR count). The van der Waals surface area contributed by atoms with Crippen LogP contribution in [0.25, 0.3) is 16.9 Å². The second-order valence-corrected chi connectivity index (χ2v) is 7.38. The summed E-state index contributed by atoms with van der Waals surface area (Å²) in [6.07, 6.45) is 0.790. The minimum Gasteiger partial charge on any atom is -0.453 e. The number of anilines is 2. The van der Waals surface area contributed by atoms with Crippen molar-refractivity contribution in [2.75, 3.05) is 17.7 Å². The average Bonchev–Trinajstić information content (AvgIpc) is 3.28. The Morgan fingerprint density at radius 1 is 1.00 bits per heavy atom. The largest absolute Gasteiger partial charge is 0.453 e. The Labute approximate surface area is 193 Å². The number of methoxy groups -OCH3 is 1. The number of carbonyl (C=O) groups is 2. The molecule has 0 atom stereocenters. The van der Waals surface area contributed by atoms with Crippen molar-refractivity contribution in [3.8, 4) is 16.9 Å². The number of aromatic nitrogens is 2. The summed E-state index contributed by atoms with van der Waals surface area (Å²) in [5.74, 6) is -1.13. The maximum atomic E-state index is 14.0. The van der Waals surface area contributed by atoms with Gasteiger partial charge in [-0.25, -0.2) is 13.9 Å². The van der Waals surface area contributed by atoms with Gasteiger partial charge in [0.05, 0.1) is 24.0 Å². The maximum absolute atomic E-state index is 14.0. The Bertz CT molecular complexity index is 1310. The van der Waals surface area contributed by atoms with Gasteiger partial charge in [0.25, 0.3) is 5.91 Å². The minimum atomic E-state index is -0.827. The van der Waals surface area contributed by atoms with Gasteiger partial charge in [0, 0.05) is 22.5 Å². The Morgan fingerprint density at radius 2 is 1.73 bits per heavy atom. The Morgan fingerprint density at radius 3 is 2.42 bits per heavy atom. The lowest BCUT2D eigenvalue weighted by Crippen LogP contribution is -2.15. The zero-order valence-electron chi connectivity index (χ0n) is 17.4. The van der Waals surface area contributed by atoms with Gasteiger partial charge in [-0.1, -0.05) is 41.9 Å². The van der Waals surface area contributed by atoms with E-state index in [4.69, 9.17) is 11.6 Å². The van der Waals surface area contributed by atoms with Gasteiger partial charge in [-0.2, -0.15) is 5.10 Å². The molecule has 0 unspecified atom stereocenters. The molecule has 0 spiro atoms. The van der Waals surface area contributed by atoms with Gasteiger partial charge in [-0.05, 0) is 42.5 Å². The van der Waals surface area contributed by atoms with Crippen molar-refractivity contribution in [1.82, 2.24) is 9.78 Å². The first kappa shape index (κ1) is 22.0. The molecular formula is C24H18ClFN4O3. The SMILES string of the molecule is COC(=O)Nc1cc(NC(=O)c2cn(-c3ccccc3)nc2-c2ccc(Cl)cc2)ccc1F. The molecule has 0 saturated heterocycles.